The number of nitrogens with zero attached hydrogens (tertiary/aromatic N) is 1. The van der Waals surface area contributed by atoms with Crippen molar-refractivity contribution in [3.8, 4) is 0 Å². The third-order valence-electron chi connectivity index (χ3n) is 4.85. The Morgan fingerprint density at radius 2 is 1.54 bits per heavy atom. The number of hydrogen-bond acceptors (Lipinski definition) is 3. The number of hydrogen-bond donors (Lipinski definition) is 1. The van der Waals surface area contributed by atoms with E-state index in [2.05, 4.69) is 0 Å². The lowest BCUT2D eigenvalue weighted by molar-refractivity contribution is 0.0650. The monoisotopic (exact) mass is 324 g/mol. The summed E-state index contributed by atoms with van der Waals surface area (Å²) in [7, 11) is 1.54. The molecule has 0 aromatic heterocycles. The molecule has 2 amide bonds. The van der Waals surface area contributed by atoms with E-state index in [1.165, 1.54) is 29.7 Å². The Hall–Kier alpha value is -2.20. The highest BCUT2D eigenvalue weighted by molar-refractivity contribution is 6.25. The molecule has 1 heterocycles. The van der Waals surface area contributed by atoms with Gasteiger partial charge in [0.2, 0.25) is 0 Å². The maximum absolute atomic E-state index is 12.4. The molecule has 0 unspecified atom stereocenters. The molecule has 0 aliphatic carbocycles. The number of carbonyl (C=O) groups is 2. The van der Waals surface area contributed by atoms with Crippen LogP contribution in [0.25, 0.3) is 10.8 Å². The zero-order valence-corrected chi connectivity index (χ0v) is 14.2. The number of unbranched alkanes of at least 4 members (excludes halogenated alkanes) is 4. The van der Waals surface area contributed by atoms with E-state index in [4.69, 9.17) is 5.73 Å². The summed E-state index contributed by atoms with van der Waals surface area (Å²) in [6.07, 6.45) is 6.77. The van der Waals surface area contributed by atoms with Gasteiger partial charge in [-0.05, 0) is 48.9 Å². The van der Waals surface area contributed by atoms with Crippen molar-refractivity contribution in [1.82, 2.24) is 4.90 Å². The van der Waals surface area contributed by atoms with Gasteiger partial charge >= 0.3 is 0 Å². The molecule has 0 fully saturated rings. The van der Waals surface area contributed by atoms with E-state index < -0.39 is 0 Å². The molecule has 0 saturated heterocycles. The van der Waals surface area contributed by atoms with Crippen LogP contribution in [-0.2, 0) is 6.42 Å². The number of rotatable bonds is 7. The number of amides is 2. The molecule has 0 radical (unpaired) electrons. The van der Waals surface area contributed by atoms with Gasteiger partial charge < -0.3 is 5.73 Å². The van der Waals surface area contributed by atoms with E-state index in [0.717, 1.165) is 36.6 Å². The SMILES string of the molecule is CN1C(=O)c2cccc3c(CCCCCCCN)ccc(c23)C1=O. The molecule has 2 N–H and O–H groups in total. The van der Waals surface area contributed by atoms with Gasteiger partial charge in [-0.15, -0.1) is 0 Å². The van der Waals surface area contributed by atoms with Gasteiger partial charge in [-0.2, -0.15) is 0 Å². The van der Waals surface area contributed by atoms with Gasteiger partial charge in [-0.25, -0.2) is 0 Å². The van der Waals surface area contributed by atoms with Gasteiger partial charge in [0.05, 0.1) is 0 Å². The predicted molar refractivity (Wildman–Crippen MR) is 96.2 cm³/mol. The van der Waals surface area contributed by atoms with Crippen LogP contribution < -0.4 is 5.73 Å². The average molecular weight is 324 g/mol. The molecule has 3 rings (SSSR count). The second kappa shape index (κ2) is 7.14. The summed E-state index contributed by atoms with van der Waals surface area (Å²) >= 11 is 0. The summed E-state index contributed by atoms with van der Waals surface area (Å²) in [4.78, 5) is 26.0. The molecule has 24 heavy (non-hydrogen) atoms. The molecule has 2 aromatic rings. The summed E-state index contributed by atoms with van der Waals surface area (Å²) in [5.41, 5.74) is 8.01. The van der Waals surface area contributed by atoms with E-state index in [0.29, 0.717) is 11.1 Å². The fourth-order valence-corrected chi connectivity index (χ4v) is 3.49. The highest BCUT2D eigenvalue weighted by Crippen LogP contribution is 2.32. The molecule has 2 aromatic carbocycles. The number of carbonyl (C=O) groups excluding carboxylic acids is 2. The largest absolute Gasteiger partial charge is 0.330 e. The standard InChI is InChI=1S/C20H24N2O2/c1-22-19(23)16-10-7-9-15-14(8-5-3-2-4-6-13-21)11-12-17(18(15)16)20(22)24/h7,9-12H,2-6,8,13,21H2,1H3. The van der Waals surface area contributed by atoms with Crippen molar-refractivity contribution in [2.75, 3.05) is 13.6 Å². The molecule has 126 valence electrons. The molecule has 1 aliphatic heterocycles. The molecule has 4 nitrogen and oxygen atoms in total. The Labute approximate surface area is 142 Å². The fraction of sp³-hybridized carbons (Fsp3) is 0.400. The van der Waals surface area contributed by atoms with Crippen LogP contribution in [0.2, 0.25) is 0 Å². The smallest absolute Gasteiger partial charge is 0.261 e. The molecular weight excluding hydrogens is 300 g/mol. The van der Waals surface area contributed by atoms with E-state index in [-0.39, 0.29) is 11.8 Å². The van der Waals surface area contributed by atoms with Gasteiger partial charge in [0, 0.05) is 23.6 Å². The van der Waals surface area contributed by atoms with Crippen LogP contribution in [0.3, 0.4) is 0 Å². The topological polar surface area (TPSA) is 63.4 Å². The maximum Gasteiger partial charge on any atom is 0.261 e. The number of imide groups is 1. The minimum atomic E-state index is -0.211. The third-order valence-corrected chi connectivity index (χ3v) is 4.85. The molecular formula is C20H24N2O2. The summed E-state index contributed by atoms with van der Waals surface area (Å²) < 4.78 is 0. The van der Waals surface area contributed by atoms with Gasteiger partial charge in [-0.3, -0.25) is 14.5 Å². The van der Waals surface area contributed by atoms with E-state index in [1.54, 1.807) is 7.05 Å². The second-order valence-corrected chi connectivity index (χ2v) is 6.48. The first-order valence-electron chi connectivity index (χ1n) is 8.72. The molecule has 1 aliphatic rings. The van der Waals surface area contributed by atoms with Gasteiger partial charge in [0.15, 0.2) is 0 Å². The fourth-order valence-electron chi connectivity index (χ4n) is 3.49. The lowest BCUT2D eigenvalue weighted by Crippen LogP contribution is -2.36. The highest BCUT2D eigenvalue weighted by atomic mass is 16.2. The van der Waals surface area contributed by atoms with Gasteiger partial charge in [0.1, 0.15) is 0 Å². The highest BCUT2D eigenvalue weighted by Gasteiger charge is 2.30. The van der Waals surface area contributed by atoms with Crippen molar-refractivity contribution < 1.29 is 9.59 Å². The van der Waals surface area contributed by atoms with Crippen LogP contribution in [0.5, 0.6) is 0 Å². The quantitative estimate of drug-likeness (QED) is 0.626. The lowest BCUT2D eigenvalue weighted by Gasteiger charge is -2.24. The number of nitrogens with two attached hydrogens (primary N) is 1. The number of aryl methyl sites for hydroxylation is 1. The minimum Gasteiger partial charge on any atom is -0.330 e. The summed E-state index contributed by atoms with van der Waals surface area (Å²) in [6.45, 7) is 0.769. The Balaban J connectivity index is 1.86. The van der Waals surface area contributed by atoms with Crippen LogP contribution in [0.4, 0.5) is 0 Å². The van der Waals surface area contributed by atoms with Crippen molar-refractivity contribution >= 4 is 22.6 Å². The summed E-state index contributed by atoms with van der Waals surface area (Å²) in [5, 5.41) is 1.87. The summed E-state index contributed by atoms with van der Waals surface area (Å²) in [6, 6.07) is 9.67. The molecule has 0 saturated carbocycles. The third kappa shape index (κ3) is 2.94. The summed E-state index contributed by atoms with van der Waals surface area (Å²) in [5.74, 6) is -0.422. The Kier molecular flexibility index (Phi) is 4.95. The second-order valence-electron chi connectivity index (χ2n) is 6.48. The van der Waals surface area contributed by atoms with Crippen LogP contribution in [0.15, 0.2) is 30.3 Å². The Morgan fingerprint density at radius 1 is 0.875 bits per heavy atom. The maximum atomic E-state index is 12.4. The average Bonchev–Trinajstić information content (AvgIpc) is 2.61. The molecule has 0 atom stereocenters. The van der Waals surface area contributed by atoms with Crippen LogP contribution >= 0.6 is 0 Å². The van der Waals surface area contributed by atoms with E-state index in [9.17, 15) is 9.59 Å². The first-order valence-corrected chi connectivity index (χ1v) is 8.72. The number of benzene rings is 2. The Bertz CT molecular complexity index is 760. The van der Waals surface area contributed by atoms with Crippen molar-refractivity contribution in [3.05, 3.63) is 47.0 Å². The van der Waals surface area contributed by atoms with Crippen LogP contribution in [-0.4, -0.2) is 30.3 Å². The van der Waals surface area contributed by atoms with Crippen molar-refractivity contribution in [3.63, 3.8) is 0 Å². The first-order chi connectivity index (χ1) is 11.6. The van der Waals surface area contributed by atoms with E-state index in [1.807, 2.05) is 30.3 Å². The molecule has 0 spiro atoms. The Morgan fingerprint density at radius 3 is 2.29 bits per heavy atom. The van der Waals surface area contributed by atoms with Crippen molar-refractivity contribution in [2.45, 2.75) is 38.5 Å². The minimum absolute atomic E-state index is 0.211. The first kappa shape index (κ1) is 16.7. The lowest BCUT2D eigenvalue weighted by atomic mass is 9.90. The van der Waals surface area contributed by atoms with Crippen LogP contribution in [0, 0.1) is 0 Å². The van der Waals surface area contributed by atoms with E-state index >= 15 is 0 Å². The predicted octanol–water partition coefficient (Wildman–Crippen LogP) is 3.52. The zero-order valence-electron chi connectivity index (χ0n) is 14.2. The molecule has 0 bridgehead atoms. The van der Waals surface area contributed by atoms with Gasteiger partial charge in [0.25, 0.3) is 11.8 Å². The van der Waals surface area contributed by atoms with Crippen molar-refractivity contribution in [1.29, 1.82) is 0 Å². The van der Waals surface area contributed by atoms with Crippen molar-refractivity contribution in [2.24, 2.45) is 5.73 Å². The van der Waals surface area contributed by atoms with Gasteiger partial charge in [-0.1, -0.05) is 37.5 Å². The molecule has 4 heteroatoms. The normalized spacial score (nSPS) is 13.8. The zero-order chi connectivity index (χ0) is 17.1. The van der Waals surface area contributed by atoms with Crippen LogP contribution in [0.1, 0.15) is 58.4 Å².